The van der Waals surface area contributed by atoms with E-state index in [0.29, 0.717) is 6.42 Å². The van der Waals surface area contributed by atoms with E-state index in [2.05, 4.69) is 0 Å². The molecule has 5 N–H and O–H groups in total. The SMILES string of the molecule is CC1(CO)CC2C3(CO)C=CC(O)C3(C)CC(O)C21O. The molecule has 0 spiro atoms. The standard InChI is InChI=1S/C15H24O5/c1-12(7-16)5-9-14(8-17)4-3-10(18)13(14,2)6-11(19)15(9,12)20/h3-4,9-11,16-20H,5-8H2,1-2H3. The Morgan fingerprint density at radius 2 is 1.75 bits per heavy atom. The van der Waals surface area contributed by atoms with Crippen LogP contribution in [0.3, 0.4) is 0 Å². The maximum Gasteiger partial charge on any atom is 0.102 e. The molecule has 2 fully saturated rings. The van der Waals surface area contributed by atoms with E-state index < -0.39 is 34.1 Å². The van der Waals surface area contributed by atoms with Gasteiger partial charge >= 0.3 is 0 Å². The third kappa shape index (κ3) is 1.19. The second-order valence-electron chi connectivity index (χ2n) is 7.44. The van der Waals surface area contributed by atoms with Crippen molar-refractivity contribution in [1.82, 2.24) is 0 Å². The highest BCUT2D eigenvalue weighted by molar-refractivity contribution is 5.34. The monoisotopic (exact) mass is 284 g/mol. The third-order valence-electron chi connectivity index (χ3n) is 6.80. The van der Waals surface area contributed by atoms with Crippen LogP contribution < -0.4 is 0 Å². The predicted octanol–water partition coefficient (Wildman–Crippen LogP) is -0.584. The van der Waals surface area contributed by atoms with Crippen LogP contribution in [-0.4, -0.2) is 56.6 Å². The quantitative estimate of drug-likeness (QED) is 0.437. The van der Waals surface area contributed by atoms with E-state index in [4.69, 9.17) is 0 Å². The highest BCUT2D eigenvalue weighted by Crippen LogP contribution is 2.72. The zero-order valence-electron chi connectivity index (χ0n) is 12.0. The molecule has 5 nitrogen and oxygen atoms in total. The van der Waals surface area contributed by atoms with Crippen LogP contribution in [0, 0.1) is 22.2 Å². The summed E-state index contributed by atoms with van der Waals surface area (Å²) in [4.78, 5) is 0. The van der Waals surface area contributed by atoms with Crippen LogP contribution in [0.2, 0.25) is 0 Å². The van der Waals surface area contributed by atoms with Crippen molar-refractivity contribution in [2.45, 2.75) is 44.5 Å². The lowest BCUT2D eigenvalue weighted by molar-refractivity contribution is -0.341. The van der Waals surface area contributed by atoms with Gasteiger partial charge in [-0.15, -0.1) is 0 Å². The van der Waals surface area contributed by atoms with Gasteiger partial charge in [-0.25, -0.2) is 0 Å². The molecule has 20 heavy (non-hydrogen) atoms. The van der Waals surface area contributed by atoms with Crippen molar-refractivity contribution < 1.29 is 25.5 Å². The number of hydrogen-bond donors (Lipinski definition) is 5. The average molecular weight is 284 g/mol. The van der Waals surface area contributed by atoms with Gasteiger partial charge in [-0.1, -0.05) is 26.0 Å². The molecule has 114 valence electrons. The highest BCUT2D eigenvalue weighted by Gasteiger charge is 2.77. The fourth-order valence-corrected chi connectivity index (χ4v) is 5.13. The number of hydrogen-bond acceptors (Lipinski definition) is 5. The van der Waals surface area contributed by atoms with Gasteiger partial charge in [0.15, 0.2) is 0 Å². The Morgan fingerprint density at radius 1 is 1.10 bits per heavy atom. The molecule has 5 heteroatoms. The van der Waals surface area contributed by atoms with E-state index in [0.717, 1.165) is 0 Å². The maximum atomic E-state index is 11.0. The minimum Gasteiger partial charge on any atom is -0.396 e. The van der Waals surface area contributed by atoms with E-state index in [1.54, 1.807) is 19.1 Å². The second kappa shape index (κ2) is 3.84. The van der Waals surface area contributed by atoms with E-state index in [1.165, 1.54) is 0 Å². The zero-order valence-corrected chi connectivity index (χ0v) is 12.0. The highest BCUT2D eigenvalue weighted by atomic mass is 16.4. The average Bonchev–Trinajstić information content (AvgIpc) is 2.67. The van der Waals surface area contributed by atoms with Crippen LogP contribution in [0.1, 0.15) is 26.7 Å². The minimum atomic E-state index is -1.42. The first-order valence-electron chi connectivity index (χ1n) is 7.21. The molecule has 0 saturated heterocycles. The summed E-state index contributed by atoms with van der Waals surface area (Å²) in [5.41, 5.74) is -3.61. The summed E-state index contributed by atoms with van der Waals surface area (Å²) in [7, 11) is 0. The molecule has 0 amide bonds. The van der Waals surface area contributed by atoms with Gasteiger partial charge in [-0.3, -0.25) is 0 Å². The van der Waals surface area contributed by atoms with Crippen LogP contribution in [0.25, 0.3) is 0 Å². The van der Waals surface area contributed by atoms with Crippen LogP contribution in [0.5, 0.6) is 0 Å². The summed E-state index contributed by atoms with van der Waals surface area (Å²) in [5, 5.41) is 51.3. The van der Waals surface area contributed by atoms with E-state index >= 15 is 0 Å². The van der Waals surface area contributed by atoms with Crippen LogP contribution in [0.4, 0.5) is 0 Å². The summed E-state index contributed by atoms with van der Waals surface area (Å²) in [5.74, 6) is -0.362. The summed E-state index contributed by atoms with van der Waals surface area (Å²) in [6.07, 6.45) is 2.42. The maximum absolute atomic E-state index is 11.0. The molecule has 2 saturated carbocycles. The topological polar surface area (TPSA) is 101 Å². The molecule has 0 radical (unpaired) electrons. The fourth-order valence-electron chi connectivity index (χ4n) is 5.13. The Balaban J connectivity index is 2.10. The van der Waals surface area contributed by atoms with Crippen molar-refractivity contribution in [3.8, 4) is 0 Å². The minimum absolute atomic E-state index is 0.182. The summed E-state index contributed by atoms with van der Waals surface area (Å²) < 4.78 is 0. The third-order valence-corrected chi connectivity index (χ3v) is 6.80. The van der Waals surface area contributed by atoms with Crippen LogP contribution in [-0.2, 0) is 0 Å². The Hall–Kier alpha value is -0.460. The van der Waals surface area contributed by atoms with Gasteiger partial charge in [0, 0.05) is 22.2 Å². The van der Waals surface area contributed by atoms with Crippen molar-refractivity contribution >= 4 is 0 Å². The molecule has 3 aliphatic carbocycles. The predicted molar refractivity (Wildman–Crippen MR) is 71.6 cm³/mol. The lowest BCUT2D eigenvalue weighted by Crippen LogP contribution is -2.79. The number of aliphatic hydroxyl groups is 5. The molecule has 0 heterocycles. The summed E-state index contributed by atoms with van der Waals surface area (Å²) in [6.45, 7) is 3.22. The molecule has 7 unspecified atom stereocenters. The normalized spacial score (nSPS) is 60.9. The Morgan fingerprint density at radius 3 is 2.30 bits per heavy atom. The molecule has 0 aromatic heterocycles. The first kappa shape index (κ1) is 14.5. The van der Waals surface area contributed by atoms with Gasteiger partial charge in [0.05, 0.1) is 25.4 Å². The van der Waals surface area contributed by atoms with Crippen molar-refractivity contribution in [1.29, 1.82) is 0 Å². The Labute approximate surface area is 118 Å². The zero-order chi connectivity index (χ0) is 15.0. The van der Waals surface area contributed by atoms with Crippen molar-refractivity contribution in [3.63, 3.8) is 0 Å². The summed E-state index contributed by atoms with van der Waals surface area (Å²) >= 11 is 0. The first-order chi connectivity index (χ1) is 9.22. The van der Waals surface area contributed by atoms with Gasteiger partial charge in [-0.2, -0.15) is 0 Å². The molecule has 7 atom stereocenters. The Bertz CT molecular complexity index is 465. The number of aliphatic hydroxyl groups excluding tert-OH is 4. The number of fused-ring (bicyclic) bond motifs is 3. The van der Waals surface area contributed by atoms with Crippen molar-refractivity contribution in [3.05, 3.63) is 12.2 Å². The largest absolute Gasteiger partial charge is 0.396 e. The van der Waals surface area contributed by atoms with Gasteiger partial charge in [0.25, 0.3) is 0 Å². The van der Waals surface area contributed by atoms with Crippen molar-refractivity contribution in [2.24, 2.45) is 22.2 Å². The lowest BCUT2D eigenvalue weighted by atomic mass is 9.35. The molecule has 3 aliphatic rings. The molecule has 0 bridgehead atoms. The van der Waals surface area contributed by atoms with Crippen molar-refractivity contribution in [2.75, 3.05) is 13.2 Å². The first-order valence-corrected chi connectivity index (χ1v) is 7.21. The van der Waals surface area contributed by atoms with Gasteiger partial charge < -0.3 is 25.5 Å². The van der Waals surface area contributed by atoms with Gasteiger partial charge in [0.2, 0.25) is 0 Å². The molecule has 0 aliphatic heterocycles. The molecule has 0 aromatic rings. The van der Waals surface area contributed by atoms with E-state index in [9.17, 15) is 25.5 Å². The smallest absolute Gasteiger partial charge is 0.102 e. The molecular formula is C15H24O5. The van der Waals surface area contributed by atoms with Gasteiger partial charge in [0.1, 0.15) is 5.60 Å². The molecular weight excluding hydrogens is 260 g/mol. The molecule has 3 rings (SSSR count). The lowest BCUT2D eigenvalue weighted by Gasteiger charge is -2.72. The fraction of sp³-hybridized carbons (Fsp3) is 0.867. The molecule has 0 aromatic carbocycles. The Kier molecular flexibility index (Phi) is 2.78. The second-order valence-corrected chi connectivity index (χ2v) is 7.44. The van der Waals surface area contributed by atoms with Gasteiger partial charge in [-0.05, 0) is 12.8 Å². The number of rotatable bonds is 2. The summed E-state index contributed by atoms with van der Waals surface area (Å²) in [6, 6.07) is 0. The van der Waals surface area contributed by atoms with Crippen LogP contribution >= 0.6 is 0 Å². The van der Waals surface area contributed by atoms with Crippen LogP contribution in [0.15, 0.2) is 12.2 Å². The van der Waals surface area contributed by atoms with E-state index in [1.807, 2.05) is 6.92 Å². The van der Waals surface area contributed by atoms with E-state index in [-0.39, 0.29) is 25.6 Å².